The molecule has 1 amide bonds. The lowest BCUT2D eigenvalue weighted by molar-refractivity contribution is -0.117. The molecule has 0 radical (unpaired) electrons. The van der Waals surface area contributed by atoms with Gasteiger partial charge in [0.25, 0.3) is 0 Å². The van der Waals surface area contributed by atoms with Crippen molar-refractivity contribution in [2.75, 3.05) is 11.4 Å². The number of nitriles is 1. The Morgan fingerprint density at radius 3 is 2.88 bits per heavy atom. The molecule has 1 atom stereocenters. The molecule has 3 nitrogen and oxygen atoms in total. The molecule has 1 unspecified atom stereocenters. The van der Waals surface area contributed by atoms with Gasteiger partial charge in [0.15, 0.2) is 0 Å². The molecule has 1 saturated heterocycles. The van der Waals surface area contributed by atoms with Crippen LogP contribution in [-0.4, -0.2) is 17.7 Å². The molecule has 0 saturated carbocycles. The lowest BCUT2D eigenvalue weighted by atomic mass is 10.2. The molecule has 1 aromatic carbocycles. The molecule has 16 heavy (non-hydrogen) atoms. The number of benzene rings is 1. The number of halogens is 1. The Bertz CT molecular complexity index is 483. The summed E-state index contributed by atoms with van der Waals surface area (Å²) < 4.78 is 0.835. The minimum absolute atomic E-state index is 0.0267. The number of hydrogen-bond donors (Lipinski definition) is 1. The molecule has 0 bridgehead atoms. The van der Waals surface area contributed by atoms with Crippen LogP contribution in [0.5, 0.6) is 0 Å². The van der Waals surface area contributed by atoms with Crippen LogP contribution in [-0.2, 0) is 4.79 Å². The number of hydrogen-bond acceptors (Lipinski definition) is 3. The topological polar surface area (TPSA) is 44.1 Å². The van der Waals surface area contributed by atoms with Gasteiger partial charge in [-0.15, -0.1) is 0 Å². The molecular weight excluding hydrogens is 288 g/mol. The number of rotatable bonds is 1. The van der Waals surface area contributed by atoms with Crippen molar-refractivity contribution in [1.82, 2.24) is 0 Å². The molecular formula is C11H9BrN2OS. The predicted molar refractivity (Wildman–Crippen MR) is 68.6 cm³/mol. The molecule has 1 heterocycles. The molecule has 1 fully saturated rings. The van der Waals surface area contributed by atoms with Gasteiger partial charge in [-0.2, -0.15) is 17.9 Å². The zero-order valence-electron chi connectivity index (χ0n) is 8.35. The quantitative estimate of drug-likeness (QED) is 0.809. The van der Waals surface area contributed by atoms with Crippen LogP contribution in [0.15, 0.2) is 22.7 Å². The number of carbonyl (C=O) groups excluding carboxylic acids is 1. The van der Waals surface area contributed by atoms with Crippen molar-refractivity contribution in [3.05, 3.63) is 28.2 Å². The molecule has 1 aliphatic heterocycles. The monoisotopic (exact) mass is 296 g/mol. The number of thiol groups is 1. The molecule has 2 rings (SSSR count). The molecule has 0 aliphatic carbocycles. The highest BCUT2D eigenvalue weighted by Crippen LogP contribution is 2.28. The van der Waals surface area contributed by atoms with Crippen LogP contribution in [0.4, 0.5) is 5.69 Å². The Hall–Kier alpha value is -0.990. The number of amides is 1. The van der Waals surface area contributed by atoms with Crippen molar-refractivity contribution in [1.29, 1.82) is 5.26 Å². The Kier molecular flexibility index (Phi) is 3.22. The van der Waals surface area contributed by atoms with Crippen molar-refractivity contribution < 1.29 is 4.79 Å². The van der Waals surface area contributed by atoms with Crippen LogP contribution in [0.25, 0.3) is 0 Å². The summed E-state index contributed by atoms with van der Waals surface area (Å²) in [6.45, 7) is 0.568. The van der Waals surface area contributed by atoms with Gasteiger partial charge in [-0.05, 0) is 18.2 Å². The lowest BCUT2D eigenvalue weighted by Crippen LogP contribution is -2.25. The van der Waals surface area contributed by atoms with Crippen molar-refractivity contribution in [3.8, 4) is 6.07 Å². The van der Waals surface area contributed by atoms with Gasteiger partial charge < -0.3 is 4.90 Å². The van der Waals surface area contributed by atoms with E-state index in [4.69, 9.17) is 5.26 Å². The molecule has 0 N–H and O–H groups in total. The van der Waals surface area contributed by atoms with Crippen molar-refractivity contribution in [2.45, 2.75) is 11.7 Å². The van der Waals surface area contributed by atoms with E-state index in [2.05, 4.69) is 34.6 Å². The first-order chi connectivity index (χ1) is 7.61. The van der Waals surface area contributed by atoms with E-state index in [0.29, 0.717) is 24.2 Å². The summed E-state index contributed by atoms with van der Waals surface area (Å²) >= 11 is 7.59. The summed E-state index contributed by atoms with van der Waals surface area (Å²) in [6, 6.07) is 7.43. The minimum atomic E-state index is 0.0267. The number of nitrogens with zero attached hydrogens (tertiary/aromatic N) is 2. The van der Waals surface area contributed by atoms with Gasteiger partial charge in [0.05, 0.1) is 11.3 Å². The van der Waals surface area contributed by atoms with E-state index < -0.39 is 0 Å². The molecule has 82 valence electrons. The summed E-state index contributed by atoms with van der Waals surface area (Å²) in [6.07, 6.45) is 0.435. The van der Waals surface area contributed by atoms with Crippen LogP contribution in [0.3, 0.4) is 0 Å². The summed E-state index contributed by atoms with van der Waals surface area (Å²) in [5, 5.41) is 9.09. The van der Waals surface area contributed by atoms with E-state index in [9.17, 15) is 4.79 Å². The molecule has 5 heteroatoms. The van der Waals surface area contributed by atoms with E-state index in [-0.39, 0.29) is 11.2 Å². The Morgan fingerprint density at radius 2 is 2.31 bits per heavy atom. The van der Waals surface area contributed by atoms with Gasteiger partial charge in [0.1, 0.15) is 6.07 Å². The van der Waals surface area contributed by atoms with Gasteiger partial charge in [0, 0.05) is 22.7 Å². The summed E-state index contributed by atoms with van der Waals surface area (Å²) in [4.78, 5) is 13.3. The van der Waals surface area contributed by atoms with Crippen molar-refractivity contribution in [3.63, 3.8) is 0 Å². The zero-order valence-corrected chi connectivity index (χ0v) is 10.8. The molecule has 0 aromatic heterocycles. The molecule has 0 spiro atoms. The minimum Gasteiger partial charge on any atom is -0.310 e. The van der Waals surface area contributed by atoms with E-state index in [1.54, 1.807) is 17.0 Å². The van der Waals surface area contributed by atoms with Gasteiger partial charge in [0.2, 0.25) is 5.91 Å². The summed E-state index contributed by atoms with van der Waals surface area (Å²) in [5.41, 5.74) is 1.18. The fourth-order valence-electron chi connectivity index (χ4n) is 1.75. The second-order valence-electron chi connectivity index (χ2n) is 3.64. The molecule has 1 aliphatic rings. The Labute approximate surface area is 108 Å². The number of anilines is 1. The average molecular weight is 297 g/mol. The van der Waals surface area contributed by atoms with Crippen molar-refractivity contribution >= 4 is 40.2 Å². The van der Waals surface area contributed by atoms with Crippen LogP contribution < -0.4 is 4.90 Å². The average Bonchev–Trinajstić information content (AvgIpc) is 2.57. The second kappa shape index (κ2) is 4.48. The van der Waals surface area contributed by atoms with Crippen LogP contribution >= 0.6 is 28.6 Å². The van der Waals surface area contributed by atoms with E-state index >= 15 is 0 Å². The van der Waals surface area contributed by atoms with Crippen LogP contribution in [0.2, 0.25) is 0 Å². The third-order valence-corrected chi connectivity index (χ3v) is 3.31. The summed E-state index contributed by atoms with van der Waals surface area (Å²) in [7, 11) is 0. The first kappa shape index (κ1) is 11.5. The third kappa shape index (κ3) is 2.08. The Morgan fingerprint density at radius 1 is 1.56 bits per heavy atom. The van der Waals surface area contributed by atoms with Crippen molar-refractivity contribution in [2.24, 2.45) is 0 Å². The maximum absolute atomic E-state index is 11.7. The van der Waals surface area contributed by atoms with Gasteiger partial charge >= 0.3 is 0 Å². The number of carbonyl (C=O) groups is 1. The van der Waals surface area contributed by atoms with Gasteiger partial charge in [-0.25, -0.2) is 0 Å². The van der Waals surface area contributed by atoms with Crippen LogP contribution in [0, 0.1) is 11.3 Å². The maximum atomic E-state index is 11.7. The maximum Gasteiger partial charge on any atom is 0.228 e. The van der Waals surface area contributed by atoms with Gasteiger partial charge in [-0.1, -0.05) is 15.9 Å². The fraction of sp³-hybridized carbons (Fsp3) is 0.273. The standard InChI is InChI=1S/C11H9BrN2OS/c12-8-1-2-10(7(3-8)5-13)14-6-9(16)4-11(14)15/h1-3,9,16H,4,6H2. The second-order valence-corrected chi connectivity index (χ2v) is 5.28. The fourth-order valence-corrected chi connectivity index (χ4v) is 2.44. The SMILES string of the molecule is N#Cc1cc(Br)ccc1N1CC(S)CC1=O. The first-order valence-electron chi connectivity index (χ1n) is 4.80. The normalized spacial score (nSPS) is 19.9. The zero-order chi connectivity index (χ0) is 11.7. The predicted octanol–water partition coefficient (Wildman–Crippen LogP) is 2.36. The van der Waals surface area contributed by atoms with Crippen LogP contribution in [0.1, 0.15) is 12.0 Å². The highest BCUT2D eigenvalue weighted by molar-refractivity contribution is 9.10. The third-order valence-electron chi connectivity index (χ3n) is 2.47. The molecule has 1 aromatic rings. The smallest absolute Gasteiger partial charge is 0.228 e. The van der Waals surface area contributed by atoms with Gasteiger partial charge in [-0.3, -0.25) is 4.79 Å². The summed E-state index contributed by atoms with van der Waals surface area (Å²) in [5.74, 6) is 0.0267. The van der Waals surface area contributed by atoms with E-state index in [1.165, 1.54) is 0 Å². The van der Waals surface area contributed by atoms with E-state index in [0.717, 1.165) is 4.47 Å². The highest BCUT2D eigenvalue weighted by atomic mass is 79.9. The van der Waals surface area contributed by atoms with E-state index in [1.807, 2.05) is 6.07 Å². The Balaban J connectivity index is 2.41. The highest BCUT2D eigenvalue weighted by Gasteiger charge is 2.29. The lowest BCUT2D eigenvalue weighted by Gasteiger charge is -2.17. The largest absolute Gasteiger partial charge is 0.310 e. The first-order valence-corrected chi connectivity index (χ1v) is 6.11.